The first-order valence-corrected chi connectivity index (χ1v) is 6.36. The molecular formula is C12H13N3O2S. The summed E-state index contributed by atoms with van der Waals surface area (Å²) in [5.41, 5.74) is 1.89. The predicted molar refractivity (Wildman–Crippen MR) is 68.6 cm³/mol. The van der Waals surface area contributed by atoms with E-state index < -0.39 is 5.97 Å². The quantitative estimate of drug-likeness (QED) is 0.864. The highest BCUT2D eigenvalue weighted by molar-refractivity contribution is 7.11. The second kappa shape index (κ2) is 5.70. The van der Waals surface area contributed by atoms with Crippen molar-refractivity contribution in [2.75, 3.05) is 0 Å². The number of carboxylic acids is 1. The molecule has 0 aliphatic carbocycles. The van der Waals surface area contributed by atoms with Crippen molar-refractivity contribution in [3.8, 4) is 0 Å². The van der Waals surface area contributed by atoms with Crippen molar-refractivity contribution in [2.24, 2.45) is 0 Å². The Bertz CT molecular complexity index is 527. The van der Waals surface area contributed by atoms with Gasteiger partial charge >= 0.3 is 5.97 Å². The zero-order valence-electron chi connectivity index (χ0n) is 9.83. The molecule has 0 fully saturated rings. The van der Waals surface area contributed by atoms with E-state index in [0.29, 0.717) is 6.54 Å². The summed E-state index contributed by atoms with van der Waals surface area (Å²) < 4.78 is 0. The number of hydrogen-bond donors (Lipinski definition) is 2. The number of aromatic carboxylic acids is 1. The van der Waals surface area contributed by atoms with Crippen LogP contribution in [0, 0.1) is 0 Å². The van der Waals surface area contributed by atoms with Gasteiger partial charge in [-0.2, -0.15) is 0 Å². The van der Waals surface area contributed by atoms with E-state index in [1.165, 1.54) is 0 Å². The van der Waals surface area contributed by atoms with Gasteiger partial charge in [-0.3, -0.25) is 4.98 Å². The van der Waals surface area contributed by atoms with Crippen LogP contribution in [-0.2, 0) is 6.54 Å². The minimum Gasteiger partial charge on any atom is -0.476 e. The fraction of sp³-hybridized carbons (Fsp3) is 0.250. The fourth-order valence-corrected chi connectivity index (χ4v) is 2.17. The summed E-state index contributed by atoms with van der Waals surface area (Å²) in [4.78, 5) is 18.7. The van der Waals surface area contributed by atoms with Crippen LogP contribution in [0.15, 0.2) is 29.9 Å². The molecule has 0 aliphatic heterocycles. The first-order valence-electron chi connectivity index (χ1n) is 5.48. The van der Waals surface area contributed by atoms with Crippen LogP contribution in [0.2, 0.25) is 0 Å². The molecule has 1 unspecified atom stereocenters. The lowest BCUT2D eigenvalue weighted by atomic mass is 10.1. The molecule has 0 amide bonds. The van der Waals surface area contributed by atoms with Gasteiger partial charge in [0, 0.05) is 30.4 Å². The maximum absolute atomic E-state index is 10.7. The Morgan fingerprint density at radius 1 is 1.50 bits per heavy atom. The van der Waals surface area contributed by atoms with Crippen molar-refractivity contribution >= 4 is 17.3 Å². The molecule has 0 bridgehead atoms. The number of thiazole rings is 1. The second-order valence-electron chi connectivity index (χ2n) is 3.83. The summed E-state index contributed by atoms with van der Waals surface area (Å²) >= 11 is 1.14. The molecule has 2 rings (SSSR count). The van der Waals surface area contributed by atoms with Crippen molar-refractivity contribution in [3.63, 3.8) is 0 Å². The van der Waals surface area contributed by atoms with Crippen molar-refractivity contribution in [1.82, 2.24) is 15.3 Å². The van der Waals surface area contributed by atoms with Gasteiger partial charge in [-0.25, -0.2) is 9.78 Å². The average Bonchev–Trinajstić information content (AvgIpc) is 2.86. The van der Waals surface area contributed by atoms with Crippen LogP contribution in [0.1, 0.15) is 34.0 Å². The molecule has 0 spiro atoms. The number of nitrogens with one attached hydrogen (secondary N) is 1. The van der Waals surface area contributed by atoms with E-state index in [9.17, 15) is 4.79 Å². The van der Waals surface area contributed by atoms with Gasteiger partial charge in [0.2, 0.25) is 5.01 Å². The number of pyridine rings is 1. The highest BCUT2D eigenvalue weighted by Crippen LogP contribution is 2.13. The summed E-state index contributed by atoms with van der Waals surface area (Å²) in [6.07, 6.45) is 3.50. The third-order valence-corrected chi connectivity index (χ3v) is 3.41. The van der Waals surface area contributed by atoms with Gasteiger partial charge in [-0.1, -0.05) is 0 Å². The molecule has 94 valence electrons. The molecule has 0 radical (unpaired) electrons. The minimum atomic E-state index is -0.978. The molecule has 2 aromatic rings. The number of aromatic nitrogens is 2. The van der Waals surface area contributed by atoms with Crippen molar-refractivity contribution in [2.45, 2.75) is 19.5 Å². The first kappa shape index (κ1) is 12.7. The molecule has 5 nitrogen and oxygen atoms in total. The smallest absolute Gasteiger partial charge is 0.365 e. The largest absolute Gasteiger partial charge is 0.476 e. The number of carbonyl (C=O) groups is 1. The van der Waals surface area contributed by atoms with Crippen molar-refractivity contribution in [3.05, 3.63) is 46.2 Å². The van der Waals surface area contributed by atoms with Crippen LogP contribution < -0.4 is 5.32 Å². The molecule has 0 aromatic carbocycles. The van der Waals surface area contributed by atoms with Crippen LogP contribution in [0.4, 0.5) is 0 Å². The Kier molecular flexibility index (Phi) is 4.01. The number of carboxylic acid groups (broad SMARTS) is 1. The lowest BCUT2D eigenvalue weighted by Crippen LogP contribution is -2.18. The Morgan fingerprint density at radius 2 is 2.22 bits per heavy atom. The Hall–Kier alpha value is -1.79. The van der Waals surface area contributed by atoms with E-state index in [-0.39, 0.29) is 11.0 Å². The lowest BCUT2D eigenvalue weighted by Gasteiger charge is -2.12. The van der Waals surface area contributed by atoms with E-state index in [0.717, 1.165) is 22.6 Å². The summed E-state index contributed by atoms with van der Waals surface area (Å²) in [5, 5.41) is 14.0. The zero-order chi connectivity index (χ0) is 13.0. The van der Waals surface area contributed by atoms with Crippen LogP contribution in [0.3, 0.4) is 0 Å². The number of rotatable bonds is 5. The third-order valence-electron chi connectivity index (χ3n) is 2.53. The van der Waals surface area contributed by atoms with Crippen molar-refractivity contribution in [1.29, 1.82) is 0 Å². The molecule has 18 heavy (non-hydrogen) atoms. The molecule has 2 aromatic heterocycles. The second-order valence-corrected chi connectivity index (χ2v) is 4.69. The maximum atomic E-state index is 10.7. The molecular weight excluding hydrogens is 250 g/mol. The molecule has 0 aliphatic rings. The highest BCUT2D eigenvalue weighted by atomic mass is 32.1. The highest BCUT2D eigenvalue weighted by Gasteiger charge is 2.10. The van der Waals surface area contributed by atoms with Crippen LogP contribution in [0.5, 0.6) is 0 Å². The van der Waals surface area contributed by atoms with Crippen LogP contribution >= 0.6 is 11.3 Å². The molecule has 2 heterocycles. The van der Waals surface area contributed by atoms with Crippen molar-refractivity contribution < 1.29 is 9.90 Å². The maximum Gasteiger partial charge on any atom is 0.365 e. The molecule has 0 saturated carbocycles. The normalized spacial score (nSPS) is 12.3. The van der Waals surface area contributed by atoms with Crippen LogP contribution in [-0.4, -0.2) is 21.0 Å². The SMILES string of the molecule is CC(NCc1csc(C(=O)O)n1)c1ccncc1. The first-order chi connectivity index (χ1) is 8.66. The summed E-state index contributed by atoms with van der Waals surface area (Å²) in [6.45, 7) is 2.59. The minimum absolute atomic E-state index is 0.128. The van der Waals surface area contributed by atoms with E-state index in [1.54, 1.807) is 17.8 Å². The molecule has 6 heteroatoms. The summed E-state index contributed by atoms with van der Waals surface area (Å²) in [6, 6.07) is 4.06. The molecule has 1 atom stereocenters. The number of hydrogen-bond acceptors (Lipinski definition) is 5. The topological polar surface area (TPSA) is 75.1 Å². The Morgan fingerprint density at radius 3 is 2.83 bits per heavy atom. The lowest BCUT2D eigenvalue weighted by molar-refractivity contribution is 0.0696. The molecule has 2 N–H and O–H groups in total. The Balaban J connectivity index is 1.93. The number of nitrogens with zero attached hydrogens (tertiary/aromatic N) is 2. The third kappa shape index (κ3) is 3.12. The van der Waals surface area contributed by atoms with E-state index in [4.69, 9.17) is 5.11 Å². The van der Waals surface area contributed by atoms with Gasteiger partial charge in [0.1, 0.15) is 0 Å². The van der Waals surface area contributed by atoms with Gasteiger partial charge in [-0.15, -0.1) is 11.3 Å². The van der Waals surface area contributed by atoms with E-state index in [2.05, 4.69) is 15.3 Å². The van der Waals surface area contributed by atoms with Gasteiger partial charge in [-0.05, 0) is 24.6 Å². The predicted octanol–water partition coefficient (Wildman–Crippen LogP) is 2.09. The summed E-state index contributed by atoms with van der Waals surface area (Å²) in [5.74, 6) is -0.978. The monoisotopic (exact) mass is 263 g/mol. The van der Waals surface area contributed by atoms with Crippen LogP contribution in [0.25, 0.3) is 0 Å². The van der Waals surface area contributed by atoms with E-state index in [1.807, 2.05) is 19.1 Å². The van der Waals surface area contributed by atoms with Gasteiger partial charge in [0.05, 0.1) is 5.69 Å². The zero-order valence-corrected chi connectivity index (χ0v) is 10.6. The average molecular weight is 263 g/mol. The Labute approximate surface area is 109 Å². The standard InChI is InChI=1S/C12H13N3O2S/c1-8(9-2-4-13-5-3-9)14-6-10-7-18-11(15-10)12(16)17/h2-5,7-8,14H,6H2,1H3,(H,16,17). The molecule has 0 saturated heterocycles. The van der Waals surface area contributed by atoms with Gasteiger partial charge in [0.25, 0.3) is 0 Å². The van der Waals surface area contributed by atoms with E-state index >= 15 is 0 Å². The summed E-state index contributed by atoms with van der Waals surface area (Å²) in [7, 11) is 0. The fourth-order valence-electron chi connectivity index (χ4n) is 1.51. The van der Waals surface area contributed by atoms with Gasteiger partial charge < -0.3 is 10.4 Å². The van der Waals surface area contributed by atoms with Gasteiger partial charge in [0.15, 0.2) is 0 Å².